The molecule has 0 amide bonds. The second-order valence-corrected chi connectivity index (χ2v) is 4.87. The summed E-state index contributed by atoms with van der Waals surface area (Å²) in [5, 5.41) is 3.35. The minimum Gasteiger partial charge on any atom is -0.307 e. The summed E-state index contributed by atoms with van der Waals surface area (Å²) >= 11 is 0. The number of rotatable bonds is 2. The van der Waals surface area contributed by atoms with Crippen LogP contribution in [-0.2, 0) is 5.54 Å². The van der Waals surface area contributed by atoms with Gasteiger partial charge in [-0.15, -0.1) is 0 Å². The van der Waals surface area contributed by atoms with Gasteiger partial charge in [-0.25, -0.2) is 8.78 Å². The Morgan fingerprint density at radius 1 is 1.19 bits per heavy atom. The van der Waals surface area contributed by atoms with Crippen molar-refractivity contribution >= 4 is 0 Å². The van der Waals surface area contributed by atoms with Crippen molar-refractivity contribution in [2.75, 3.05) is 6.54 Å². The molecule has 0 aromatic heterocycles. The van der Waals surface area contributed by atoms with E-state index in [1.807, 2.05) is 0 Å². The topological polar surface area (TPSA) is 12.0 Å². The van der Waals surface area contributed by atoms with Crippen molar-refractivity contribution in [2.45, 2.75) is 31.2 Å². The van der Waals surface area contributed by atoms with E-state index in [2.05, 4.69) is 5.32 Å². The molecule has 1 aliphatic heterocycles. The van der Waals surface area contributed by atoms with Crippen LogP contribution in [0.15, 0.2) is 18.2 Å². The summed E-state index contributed by atoms with van der Waals surface area (Å²) in [4.78, 5) is 0. The van der Waals surface area contributed by atoms with E-state index in [4.69, 9.17) is 0 Å². The van der Waals surface area contributed by atoms with E-state index in [0.29, 0.717) is 5.92 Å². The van der Waals surface area contributed by atoms with Gasteiger partial charge in [0.05, 0.1) is 5.54 Å². The molecular formula is C13H15F2N. The number of nitrogens with one attached hydrogen (secondary N) is 1. The van der Waals surface area contributed by atoms with Gasteiger partial charge in [-0.1, -0.05) is 6.07 Å². The quantitative estimate of drug-likeness (QED) is 0.812. The first-order valence-electron chi connectivity index (χ1n) is 5.93. The maximum Gasteiger partial charge on any atom is 0.131 e. The number of halogens is 2. The molecule has 1 aliphatic carbocycles. The van der Waals surface area contributed by atoms with Gasteiger partial charge in [-0.3, -0.25) is 0 Å². The van der Waals surface area contributed by atoms with Crippen LogP contribution < -0.4 is 5.32 Å². The monoisotopic (exact) mass is 223 g/mol. The normalized spacial score (nSPS) is 29.6. The average Bonchev–Trinajstić information content (AvgIpc) is 3.00. The molecule has 1 aromatic rings. The third kappa shape index (κ3) is 1.38. The Labute approximate surface area is 93.9 Å². The number of benzene rings is 1. The van der Waals surface area contributed by atoms with Crippen LogP contribution in [0.25, 0.3) is 0 Å². The lowest BCUT2D eigenvalue weighted by molar-refractivity contribution is 0.307. The van der Waals surface area contributed by atoms with E-state index < -0.39 is 17.2 Å². The van der Waals surface area contributed by atoms with Gasteiger partial charge in [0, 0.05) is 5.56 Å². The zero-order valence-electron chi connectivity index (χ0n) is 9.10. The van der Waals surface area contributed by atoms with Crippen LogP contribution >= 0.6 is 0 Å². The molecule has 1 heterocycles. The lowest BCUT2D eigenvalue weighted by atomic mass is 9.83. The zero-order chi connectivity index (χ0) is 11.2. The summed E-state index contributed by atoms with van der Waals surface area (Å²) in [6.07, 6.45) is 4.03. The van der Waals surface area contributed by atoms with Crippen molar-refractivity contribution in [2.24, 2.45) is 5.92 Å². The Morgan fingerprint density at radius 2 is 1.88 bits per heavy atom. The summed E-state index contributed by atoms with van der Waals surface area (Å²) in [5.41, 5.74) is -0.148. The molecule has 3 rings (SSSR count). The Bertz CT molecular complexity index is 386. The van der Waals surface area contributed by atoms with E-state index in [1.54, 1.807) is 0 Å². The molecule has 1 saturated heterocycles. The molecule has 1 N–H and O–H groups in total. The summed E-state index contributed by atoms with van der Waals surface area (Å²) in [5.74, 6) is -0.385. The molecule has 0 bridgehead atoms. The smallest absolute Gasteiger partial charge is 0.131 e. The van der Waals surface area contributed by atoms with Gasteiger partial charge in [0.2, 0.25) is 0 Å². The molecule has 2 fully saturated rings. The summed E-state index contributed by atoms with van der Waals surface area (Å²) in [7, 11) is 0. The third-order valence-electron chi connectivity index (χ3n) is 3.87. The highest BCUT2D eigenvalue weighted by Gasteiger charge is 2.50. The summed E-state index contributed by atoms with van der Waals surface area (Å²) in [6, 6.07) is 4.16. The van der Waals surface area contributed by atoms with Gasteiger partial charge >= 0.3 is 0 Å². The average molecular weight is 223 g/mol. The predicted octanol–water partition coefficient (Wildman–Crippen LogP) is 2.95. The molecule has 1 aromatic carbocycles. The Balaban J connectivity index is 2.12. The van der Waals surface area contributed by atoms with E-state index in [1.165, 1.54) is 18.2 Å². The second-order valence-electron chi connectivity index (χ2n) is 4.87. The van der Waals surface area contributed by atoms with Gasteiger partial charge in [0.1, 0.15) is 11.6 Å². The van der Waals surface area contributed by atoms with Gasteiger partial charge in [0.15, 0.2) is 0 Å². The van der Waals surface area contributed by atoms with Gasteiger partial charge < -0.3 is 5.32 Å². The maximum atomic E-state index is 13.9. The van der Waals surface area contributed by atoms with Crippen LogP contribution in [0.1, 0.15) is 31.2 Å². The molecule has 3 heteroatoms. The van der Waals surface area contributed by atoms with Crippen molar-refractivity contribution in [3.05, 3.63) is 35.4 Å². The van der Waals surface area contributed by atoms with Crippen LogP contribution in [0.5, 0.6) is 0 Å². The Kier molecular flexibility index (Phi) is 2.25. The van der Waals surface area contributed by atoms with Crippen LogP contribution in [0, 0.1) is 17.6 Å². The van der Waals surface area contributed by atoms with Crippen LogP contribution in [0.4, 0.5) is 8.78 Å². The fourth-order valence-electron chi connectivity index (χ4n) is 3.03. The fourth-order valence-corrected chi connectivity index (χ4v) is 3.03. The van der Waals surface area contributed by atoms with Crippen molar-refractivity contribution in [3.8, 4) is 0 Å². The molecule has 16 heavy (non-hydrogen) atoms. The first-order valence-corrected chi connectivity index (χ1v) is 5.93. The van der Waals surface area contributed by atoms with Gasteiger partial charge in [-0.05, 0) is 50.3 Å². The second kappa shape index (κ2) is 3.52. The first kappa shape index (κ1) is 10.2. The minimum atomic E-state index is -0.421. The van der Waals surface area contributed by atoms with Crippen LogP contribution in [-0.4, -0.2) is 6.54 Å². The SMILES string of the molecule is Fc1cccc(F)c1C1(C2CC2)CCCN1. The van der Waals surface area contributed by atoms with Crippen molar-refractivity contribution in [1.82, 2.24) is 5.32 Å². The Hall–Kier alpha value is -0.960. The number of hydrogen-bond acceptors (Lipinski definition) is 1. The molecule has 2 aliphatic rings. The molecule has 1 unspecified atom stereocenters. The van der Waals surface area contributed by atoms with Crippen molar-refractivity contribution < 1.29 is 8.78 Å². The van der Waals surface area contributed by atoms with E-state index in [-0.39, 0.29) is 5.56 Å². The maximum absolute atomic E-state index is 13.9. The molecule has 0 spiro atoms. The standard InChI is InChI=1S/C13H15F2N/c14-10-3-1-4-11(15)12(10)13(9-5-6-9)7-2-8-16-13/h1,3-4,9,16H,2,5-8H2. The highest BCUT2D eigenvalue weighted by molar-refractivity contribution is 5.31. The van der Waals surface area contributed by atoms with E-state index in [9.17, 15) is 8.78 Å². The fraction of sp³-hybridized carbons (Fsp3) is 0.538. The Morgan fingerprint density at radius 3 is 2.38 bits per heavy atom. The lowest BCUT2D eigenvalue weighted by Gasteiger charge is -2.31. The molecule has 1 nitrogen and oxygen atoms in total. The highest BCUT2D eigenvalue weighted by atomic mass is 19.1. The largest absolute Gasteiger partial charge is 0.307 e. The van der Waals surface area contributed by atoms with Crippen LogP contribution in [0.3, 0.4) is 0 Å². The van der Waals surface area contributed by atoms with Gasteiger partial charge in [0.25, 0.3) is 0 Å². The van der Waals surface area contributed by atoms with Gasteiger partial charge in [-0.2, -0.15) is 0 Å². The summed E-state index contributed by atoms with van der Waals surface area (Å²) < 4.78 is 27.7. The van der Waals surface area contributed by atoms with E-state index >= 15 is 0 Å². The molecular weight excluding hydrogens is 208 g/mol. The predicted molar refractivity (Wildman–Crippen MR) is 58.0 cm³/mol. The molecule has 86 valence electrons. The highest BCUT2D eigenvalue weighted by Crippen LogP contribution is 2.51. The van der Waals surface area contributed by atoms with E-state index in [0.717, 1.165) is 32.2 Å². The molecule has 1 atom stereocenters. The third-order valence-corrected chi connectivity index (χ3v) is 3.87. The summed E-state index contributed by atoms with van der Waals surface area (Å²) in [6.45, 7) is 0.865. The minimum absolute atomic E-state index is 0.273. The zero-order valence-corrected chi connectivity index (χ0v) is 9.10. The van der Waals surface area contributed by atoms with Crippen LogP contribution in [0.2, 0.25) is 0 Å². The first-order chi connectivity index (χ1) is 7.74. The lowest BCUT2D eigenvalue weighted by Crippen LogP contribution is -2.40. The molecule has 0 radical (unpaired) electrons. The van der Waals surface area contributed by atoms with Crippen molar-refractivity contribution in [1.29, 1.82) is 0 Å². The van der Waals surface area contributed by atoms with Crippen molar-refractivity contribution in [3.63, 3.8) is 0 Å². The molecule has 1 saturated carbocycles. The number of hydrogen-bond donors (Lipinski definition) is 1.